The van der Waals surface area contributed by atoms with E-state index in [2.05, 4.69) is 10.1 Å². The first-order chi connectivity index (χ1) is 13.4. The Hall–Kier alpha value is -3.37. The maximum atomic E-state index is 14.4. The van der Waals surface area contributed by atoms with Gasteiger partial charge >= 0.3 is 24.1 Å². The second kappa shape index (κ2) is 8.11. The average Bonchev–Trinajstić information content (AvgIpc) is 3.25. The number of benzene rings is 1. The zero-order chi connectivity index (χ0) is 20.3. The van der Waals surface area contributed by atoms with Crippen molar-refractivity contribution in [3.05, 3.63) is 24.0 Å². The van der Waals surface area contributed by atoms with Crippen molar-refractivity contribution in [2.45, 2.75) is 13.0 Å². The van der Waals surface area contributed by atoms with Crippen LogP contribution < -0.4 is 15.1 Å². The molecule has 2 aliphatic heterocycles. The van der Waals surface area contributed by atoms with Crippen LogP contribution in [0.5, 0.6) is 0 Å². The number of carbonyl (C=O) groups excluding carboxylic acids is 4. The maximum absolute atomic E-state index is 14.4. The molecule has 0 unspecified atom stereocenters. The fourth-order valence-electron chi connectivity index (χ4n) is 2.81. The van der Waals surface area contributed by atoms with Gasteiger partial charge in [-0.05, 0) is 25.1 Å². The Morgan fingerprint density at radius 1 is 1.29 bits per heavy atom. The Kier molecular flexibility index (Phi) is 5.62. The highest BCUT2D eigenvalue weighted by Crippen LogP contribution is 2.29. The van der Waals surface area contributed by atoms with Gasteiger partial charge in [-0.3, -0.25) is 14.6 Å². The lowest BCUT2D eigenvalue weighted by atomic mass is 10.2. The predicted molar refractivity (Wildman–Crippen MR) is 92.4 cm³/mol. The second-order valence-electron chi connectivity index (χ2n) is 5.95. The largest absolute Gasteiger partial charge is 0.459 e. The van der Waals surface area contributed by atoms with E-state index in [9.17, 15) is 23.6 Å². The quantitative estimate of drug-likeness (QED) is 0.445. The van der Waals surface area contributed by atoms with Crippen LogP contribution in [0.2, 0.25) is 0 Å². The van der Waals surface area contributed by atoms with Gasteiger partial charge in [0.15, 0.2) is 0 Å². The lowest BCUT2D eigenvalue weighted by Gasteiger charge is -2.17. The lowest BCUT2D eigenvalue weighted by Crippen LogP contribution is -2.39. The Labute approximate surface area is 159 Å². The van der Waals surface area contributed by atoms with E-state index in [0.29, 0.717) is 0 Å². The number of nitrogens with zero attached hydrogens (tertiary/aromatic N) is 2. The maximum Gasteiger partial charge on any atom is 0.414 e. The summed E-state index contributed by atoms with van der Waals surface area (Å²) in [7, 11) is 0. The third-order valence-electron chi connectivity index (χ3n) is 4.12. The Morgan fingerprint density at radius 2 is 2.07 bits per heavy atom. The molecule has 1 N–H and O–H groups in total. The topological polar surface area (TPSA) is 114 Å². The van der Waals surface area contributed by atoms with Gasteiger partial charge in [0.05, 0.1) is 37.6 Å². The number of cyclic esters (lactones) is 2. The summed E-state index contributed by atoms with van der Waals surface area (Å²) in [6.45, 7) is 2.00. The number of hydrogen-bond acceptors (Lipinski definition) is 7. The fraction of sp³-hybridized carbons (Fsp3) is 0.412. The van der Waals surface area contributed by atoms with Crippen LogP contribution in [-0.2, 0) is 23.8 Å². The monoisotopic (exact) mass is 395 g/mol. The highest BCUT2D eigenvalue weighted by atomic mass is 19.1. The molecule has 3 amide bonds. The van der Waals surface area contributed by atoms with E-state index in [0.717, 1.165) is 11.0 Å². The van der Waals surface area contributed by atoms with Crippen molar-refractivity contribution in [1.82, 2.24) is 5.32 Å². The molecule has 2 heterocycles. The van der Waals surface area contributed by atoms with Crippen LogP contribution in [0.1, 0.15) is 6.92 Å². The molecule has 0 bridgehead atoms. The molecule has 1 atom stereocenters. The number of amides is 3. The Balaban J connectivity index is 1.62. The van der Waals surface area contributed by atoms with Crippen molar-refractivity contribution >= 4 is 35.4 Å². The summed E-state index contributed by atoms with van der Waals surface area (Å²) in [4.78, 5) is 48.8. The van der Waals surface area contributed by atoms with Gasteiger partial charge in [0.25, 0.3) is 0 Å². The zero-order valence-electron chi connectivity index (χ0n) is 15.0. The molecule has 3 rings (SSSR count). The minimum absolute atomic E-state index is 0.0481. The molecule has 1 aromatic carbocycles. The number of rotatable bonds is 5. The molecule has 0 aromatic heterocycles. The summed E-state index contributed by atoms with van der Waals surface area (Å²) < 4.78 is 28.9. The van der Waals surface area contributed by atoms with E-state index in [-0.39, 0.29) is 44.2 Å². The highest BCUT2D eigenvalue weighted by molar-refractivity contribution is 6.32. The van der Waals surface area contributed by atoms with Crippen LogP contribution >= 0.6 is 0 Å². The fourth-order valence-corrected chi connectivity index (χ4v) is 2.81. The summed E-state index contributed by atoms with van der Waals surface area (Å²) in [5, 5.41) is 2.31. The van der Waals surface area contributed by atoms with Crippen LogP contribution in [0, 0.1) is 5.82 Å². The van der Waals surface area contributed by atoms with Crippen molar-refractivity contribution in [3.8, 4) is 0 Å². The normalized spacial score (nSPS) is 18.7. The molecular formula is C17H18FN3O7. The molecule has 2 saturated heterocycles. The van der Waals surface area contributed by atoms with E-state index in [1.54, 1.807) is 6.92 Å². The van der Waals surface area contributed by atoms with Crippen molar-refractivity contribution in [1.29, 1.82) is 0 Å². The summed E-state index contributed by atoms with van der Waals surface area (Å²) in [5.41, 5.74) is 0.287. The Bertz CT molecular complexity index is 816. The van der Waals surface area contributed by atoms with Gasteiger partial charge in [0.1, 0.15) is 18.5 Å². The first-order valence-corrected chi connectivity index (χ1v) is 8.57. The van der Waals surface area contributed by atoms with Gasteiger partial charge < -0.3 is 19.5 Å². The van der Waals surface area contributed by atoms with Crippen LogP contribution in [-0.4, -0.2) is 63.0 Å². The number of anilines is 2. The average molecular weight is 395 g/mol. The lowest BCUT2D eigenvalue weighted by molar-refractivity contribution is -0.154. The van der Waals surface area contributed by atoms with Crippen LogP contribution in [0.4, 0.5) is 25.4 Å². The molecule has 10 nitrogen and oxygen atoms in total. The molecule has 0 saturated carbocycles. The van der Waals surface area contributed by atoms with Gasteiger partial charge in [-0.1, -0.05) is 0 Å². The van der Waals surface area contributed by atoms with Crippen molar-refractivity contribution in [3.63, 3.8) is 0 Å². The third kappa shape index (κ3) is 3.97. The van der Waals surface area contributed by atoms with E-state index in [4.69, 9.17) is 9.47 Å². The van der Waals surface area contributed by atoms with Gasteiger partial charge in [-0.25, -0.2) is 18.8 Å². The van der Waals surface area contributed by atoms with E-state index >= 15 is 0 Å². The summed E-state index contributed by atoms with van der Waals surface area (Å²) >= 11 is 0. The molecule has 0 spiro atoms. The van der Waals surface area contributed by atoms with Crippen molar-refractivity contribution < 1.29 is 37.8 Å². The van der Waals surface area contributed by atoms with Gasteiger partial charge in [-0.2, -0.15) is 0 Å². The molecule has 11 heteroatoms. The number of ether oxygens (including phenoxy) is 3. The molecule has 2 fully saturated rings. The standard InChI is InChI=1S/C17H18FN3O7/c1-2-26-15(23)14(22)19-8-11-9-21(17(25)28-11)10-3-4-13(12(18)7-10)20-5-6-27-16(20)24/h3-4,7,11H,2,5-6,8-9H2,1H3,(H,19,22)/t11-/m0/s1. The number of esters is 1. The first kappa shape index (κ1) is 19.4. The number of halogens is 1. The van der Waals surface area contributed by atoms with E-state index in [1.807, 2.05) is 0 Å². The predicted octanol–water partition coefficient (Wildman–Crippen LogP) is 0.787. The molecule has 0 radical (unpaired) electrons. The third-order valence-corrected chi connectivity index (χ3v) is 4.12. The highest BCUT2D eigenvalue weighted by Gasteiger charge is 2.34. The zero-order valence-corrected chi connectivity index (χ0v) is 15.0. The summed E-state index contributed by atoms with van der Waals surface area (Å²) in [5.74, 6) is -2.66. The van der Waals surface area contributed by atoms with E-state index in [1.165, 1.54) is 17.0 Å². The molecule has 0 aliphatic carbocycles. The van der Waals surface area contributed by atoms with Crippen LogP contribution in [0.25, 0.3) is 0 Å². The van der Waals surface area contributed by atoms with Crippen molar-refractivity contribution in [2.24, 2.45) is 0 Å². The molecule has 1 aromatic rings. The van der Waals surface area contributed by atoms with Crippen LogP contribution in [0.3, 0.4) is 0 Å². The van der Waals surface area contributed by atoms with E-state index < -0.39 is 36.0 Å². The van der Waals surface area contributed by atoms with Gasteiger partial charge in [-0.15, -0.1) is 0 Å². The SMILES string of the molecule is CCOC(=O)C(=O)NC[C@H]1CN(c2ccc(N3CCOC3=O)c(F)c2)C(=O)O1. The Morgan fingerprint density at radius 3 is 2.71 bits per heavy atom. The van der Waals surface area contributed by atoms with Crippen LogP contribution in [0.15, 0.2) is 18.2 Å². The number of carbonyl (C=O) groups is 4. The number of hydrogen-bond donors (Lipinski definition) is 1. The number of nitrogens with one attached hydrogen (secondary N) is 1. The summed E-state index contributed by atoms with van der Waals surface area (Å²) in [6, 6.07) is 3.97. The minimum atomic E-state index is -1.03. The minimum Gasteiger partial charge on any atom is -0.459 e. The smallest absolute Gasteiger partial charge is 0.414 e. The molecule has 28 heavy (non-hydrogen) atoms. The van der Waals surface area contributed by atoms with Gasteiger partial charge in [0.2, 0.25) is 0 Å². The molecule has 2 aliphatic rings. The molecular weight excluding hydrogens is 377 g/mol. The second-order valence-corrected chi connectivity index (χ2v) is 5.95. The first-order valence-electron chi connectivity index (χ1n) is 8.57. The summed E-state index contributed by atoms with van der Waals surface area (Å²) in [6.07, 6.45) is -2.07. The van der Waals surface area contributed by atoms with Crippen molar-refractivity contribution in [2.75, 3.05) is 42.6 Å². The van der Waals surface area contributed by atoms with Gasteiger partial charge in [0, 0.05) is 0 Å². The molecule has 150 valence electrons.